The summed E-state index contributed by atoms with van der Waals surface area (Å²) < 4.78 is 13.7. The van der Waals surface area contributed by atoms with Gasteiger partial charge >= 0.3 is 7.60 Å². The van der Waals surface area contributed by atoms with Crippen LogP contribution in [0.5, 0.6) is 0 Å². The molecular formula is C2H6O3P. The molecule has 0 spiro atoms. The molecule has 37 valence electrons. The molecule has 0 aliphatic rings. The van der Waals surface area contributed by atoms with Gasteiger partial charge in [-0.05, 0) is 0 Å². The summed E-state index contributed by atoms with van der Waals surface area (Å²) in [6.07, 6.45) is 0. The topological polar surface area (TPSA) is 46.5 Å². The van der Waals surface area contributed by atoms with Crippen molar-refractivity contribution in [3.8, 4) is 0 Å². The van der Waals surface area contributed by atoms with Gasteiger partial charge < -0.3 is 9.42 Å². The van der Waals surface area contributed by atoms with E-state index < -0.39 is 7.60 Å². The molecule has 0 fully saturated rings. The van der Waals surface area contributed by atoms with Gasteiger partial charge in [-0.15, -0.1) is 0 Å². The molecule has 6 heavy (non-hydrogen) atoms. The van der Waals surface area contributed by atoms with E-state index in [0.29, 0.717) is 0 Å². The maximum Gasteiger partial charge on any atom is 0.328 e. The van der Waals surface area contributed by atoms with Crippen LogP contribution in [0.4, 0.5) is 0 Å². The summed E-state index contributed by atoms with van der Waals surface area (Å²) in [5.41, 5.74) is 0. The van der Waals surface area contributed by atoms with Crippen LogP contribution in [0.2, 0.25) is 0 Å². The molecule has 1 atom stereocenters. The van der Waals surface area contributed by atoms with E-state index in [1.807, 2.05) is 0 Å². The van der Waals surface area contributed by atoms with Crippen LogP contribution in [0.3, 0.4) is 0 Å². The van der Waals surface area contributed by atoms with Crippen LogP contribution in [0.15, 0.2) is 0 Å². The van der Waals surface area contributed by atoms with Gasteiger partial charge in [0.1, 0.15) is 0 Å². The van der Waals surface area contributed by atoms with Crippen LogP contribution >= 0.6 is 7.60 Å². The molecule has 3 nitrogen and oxygen atoms in total. The molecule has 0 heterocycles. The van der Waals surface area contributed by atoms with Crippen LogP contribution in [-0.2, 0) is 9.09 Å². The second-order valence-electron chi connectivity index (χ2n) is 0.820. The zero-order chi connectivity index (χ0) is 5.21. The second-order valence-corrected chi connectivity index (χ2v) is 2.46. The molecule has 0 saturated heterocycles. The summed E-state index contributed by atoms with van der Waals surface area (Å²) in [6.45, 7) is 2.78. The van der Waals surface area contributed by atoms with Crippen molar-refractivity contribution < 1.29 is 14.0 Å². The SMILES string of the molecule is [CH2]P(=O)(O)OC. The fourth-order valence-electron chi connectivity index (χ4n) is 0. The predicted octanol–water partition coefficient (Wildman–Crippen LogP) is 0.610. The molecular weight excluding hydrogens is 103 g/mol. The van der Waals surface area contributed by atoms with E-state index in [1.165, 1.54) is 0 Å². The molecule has 0 aliphatic carbocycles. The highest BCUT2D eigenvalue weighted by Crippen LogP contribution is 2.37. The van der Waals surface area contributed by atoms with E-state index in [0.717, 1.165) is 7.11 Å². The average Bonchev–Trinajstić information content (AvgIpc) is 1.35. The van der Waals surface area contributed by atoms with E-state index in [9.17, 15) is 4.57 Å². The monoisotopic (exact) mass is 109 g/mol. The van der Waals surface area contributed by atoms with Gasteiger partial charge in [0, 0.05) is 7.11 Å². The molecule has 0 bridgehead atoms. The van der Waals surface area contributed by atoms with Gasteiger partial charge in [0.05, 0.1) is 6.66 Å². The van der Waals surface area contributed by atoms with E-state index in [-0.39, 0.29) is 0 Å². The molecule has 0 amide bonds. The van der Waals surface area contributed by atoms with Gasteiger partial charge in [-0.1, -0.05) is 0 Å². The van der Waals surface area contributed by atoms with Crippen molar-refractivity contribution in [2.75, 3.05) is 7.11 Å². The highest BCUT2D eigenvalue weighted by molar-refractivity contribution is 7.54. The summed E-state index contributed by atoms with van der Waals surface area (Å²) in [6, 6.07) is 0. The normalized spacial score (nSPS) is 19.8. The molecule has 0 aromatic heterocycles. The number of hydrogen-bond donors (Lipinski definition) is 1. The van der Waals surface area contributed by atoms with Crippen molar-refractivity contribution in [2.45, 2.75) is 0 Å². The summed E-state index contributed by atoms with van der Waals surface area (Å²) in [4.78, 5) is 8.05. The number of hydrogen-bond acceptors (Lipinski definition) is 2. The number of rotatable bonds is 1. The lowest BCUT2D eigenvalue weighted by Gasteiger charge is -1.95. The standard InChI is InChI=1S/C2H6O3P/c1-5-6(2,3)4/h2H2,1H3,(H,3,4). The molecule has 1 N–H and O–H groups in total. The summed E-state index contributed by atoms with van der Waals surface area (Å²) in [5.74, 6) is 0. The third kappa shape index (κ3) is 4.15. The first kappa shape index (κ1) is 6.15. The zero-order valence-electron chi connectivity index (χ0n) is 3.42. The largest absolute Gasteiger partial charge is 0.328 e. The van der Waals surface area contributed by atoms with Crippen LogP contribution in [0, 0.1) is 6.66 Å². The minimum atomic E-state index is -3.40. The Morgan fingerprint density at radius 1 is 2.00 bits per heavy atom. The van der Waals surface area contributed by atoms with Crippen LogP contribution in [0.25, 0.3) is 0 Å². The van der Waals surface area contributed by atoms with Crippen molar-refractivity contribution >= 4 is 7.60 Å². The summed E-state index contributed by atoms with van der Waals surface area (Å²) in [5, 5.41) is 0. The maximum atomic E-state index is 9.81. The Labute approximate surface area is 36.5 Å². The lowest BCUT2D eigenvalue weighted by molar-refractivity contribution is 0.326. The Hall–Kier alpha value is 0.150. The Balaban J connectivity index is 3.48. The first-order valence-electron chi connectivity index (χ1n) is 1.29. The fraction of sp³-hybridized carbons (Fsp3) is 0.500. The van der Waals surface area contributed by atoms with Crippen molar-refractivity contribution in [3.63, 3.8) is 0 Å². The minimum absolute atomic E-state index is 1.13. The second kappa shape index (κ2) is 1.73. The fourth-order valence-corrected chi connectivity index (χ4v) is 0. The van der Waals surface area contributed by atoms with E-state index in [2.05, 4.69) is 11.2 Å². The van der Waals surface area contributed by atoms with Gasteiger partial charge in [-0.2, -0.15) is 0 Å². The van der Waals surface area contributed by atoms with Gasteiger partial charge in [0.15, 0.2) is 0 Å². The van der Waals surface area contributed by atoms with Gasteiger partial charge in [0.2, 0.25) is 0 Å². The molecule has 0 saturated carbocycles. The van der Waals surface area contributed by atoms with Gasteiger partial charge in [0.25, 0.3) is 0 Å². The summed E-state index contributed by atoms with van der Waals surface area (Å²) in [7, 11) is -2.26. The van der Waals surface area contributed by atoms with Crippen LogP contribution < -0.4 is 0 Å². The maximum absolute atomic E-state index is 9.81. The highest BCUT2D eigenvalue weighted by atomic mass is 31.2. The quantitative estimate of drug-likeness (QED) is 0.502. The molecule has 0 rings (SSSR count). The first-order chi connectivity index (χ1) is 2.56. The van der Waals surface area contributed by atoms with Crippen molar-refractivity contribution in [2.24, 2.45) is 0 Å². The van der Waals surface area contributed by atoms with Crippen LogP contribution in [0.1, 0.15) is 0 Å². The third-order valence-electron chi connectivity index (χ3n) is 0.285. The Morgan fingerprint density at radius 2 is 2.17 bits per heavy atom. The highest BCUT2D eigenvalue weighted by Gasteiger charge is 2.03. The van der Waals surface area contributed by atoms with Crippen LogP contribution in [-0.4, -0.2) is 12.0 Å². The lowest BCUT2D eigenvalue weighted by Crippen LogP contribution is -1.72. The average molecular weight is 109 g/mol. The molecule has 0 aliphatic heterocycles. The van der Waals surface area contributed by atoms with Gasteiger partial charge in [-0.25, -0.2) is 0 Å². The molecule has 1 unspecified atom stereocenters. The van der Waals surface area contributed by atoms with Crippen molar-refractivity contribution in [3.05, 3.63) is 6.66 Å². The van der Waals surface area contributed by atoms with Crippen molar-refractivity contribution in [1.29, 1.82) is 0 Å². The van der Waals surface area contributed by atoms with E-state index in [1.54, 1.807) is 0 Å². The van der Waals surface area contributed by atoms with E-state index >= 15 is 0 Å². The van der Waals surface area contributed by atoms with E-state index in [4.69, 9.17) is 4.89 Å². The molecule has 0 aromatic rings. The lowest BCUT2D eigenvalue weighted by atomic mass is 11.8. The third-order valence-corrected chi connectivity index (χ3v) is 0.856. The predicted molar refractivity (Wildman–Crippen MR) is 22.2 cm³/mol. The molecule has 4 heteroatoms. The zero-order valence-corrected chi connectivity index (χ0v) is 4.31. The minimum Gasteiger partial charge on any atom is -0.324 e. The molecule has 1 radical (unpaired) electrons. The Kier molecular flexibility index (Phi) is 1.78. The smallest absolute Gasteiger partial charge is 0.324 e. The Bertz CT molecular complexity index is 72.9. The molecule has 0 aromatic carbocycles. The summed E-state index contributed by atoms with van der Waals surface area (Å²) >= 11 is 0. The first-order valence-corrected chi connectivity index (χ1v) is 3.05. The van der Waals surface area contributed by atoms with Gasteiger partial charge in [-0.3, -0.25) is 4.57 Å². The Morgan fingerprint density at radius 3 is 2.17 bits per heavy atom. The van der Waals surface area contributed by atoms with Crippen molar-refractivity contribution in [1.82, 2.24) is 0 Å².